The molecule has 0 radical (unpaired) electrons. The Kier molecular flexibility index (Phi) is 6.47. The van der Waals surface area contributed by atoms with Gasteiger partial charge < -0.3 is 15.2 Å². The monoisotopic (exact) mass is 363 g/mol. The number of ether oxygens (including phenoxy) is 1. The number of nitrogens with zero attached hydrogens (tertiary/aromatic N) is 1. The van der Waals surface area contributed by atoms with E-state index >= 15 is 0 Å². The normalized spacial score (nSPS) is 10.1. The van der Waals surface area contributed by atoms with E-state index in [4.69, 9.17) is 9.84 Å². The molecule has 3 N–H and O–H groups in total. The van der Waals surface area contributed by atoms with Gasteiger partial charge in [0, 0.05) is 17.0 Å². The molecule has 0 spiro atoms. The zero-order chi connectivity index (χ0) is 18.2. The summed E-state index contributed by atoms with van der Waals surface area (Å²) in [6.07, 6.45) is -0.130. The molecule has 0 aliphatic rings. The number of nitrogens with one attached hydrogen (secondary N) is 2. The summed E-state index contributed by atoms with van der Waals surface area (Å²) >= 11 is 1.17. The van der Waals surface area contributed by atoms with Gasteiger partial charge in [-0.1, -0.05) is 30.3 Å². The van der Waals surface area contributed by atoms with E-state index in [2.05, 4.69) is 15.6 Å². The second kappa shape index (κ2) is 8.78. The molecule has 0 fully saturated rings. The molecule has 1 aromatic heterocycles. The predicted molar refractivity (Wildman–Crippen MR) is 92.5 cm³/mol. The van der Waals surface area contributed by atoms with Gasteiger partial charge >= 0.3 is 18.0 Å². The van der Waals surface area contributed by atoms with Crippen molar-refractivity contribution in [1.29, 1.82) is 0 Å². The van der Waals surface area contributed by atoms with Crippen LogP contribution >= 0.6 is 11.3 Å². The minimum atomic E-state index is -0.999. The first-order chi connectivity index (χ1) is 12.0. The van der Waals surface area contributed by atoms with Crippen LogP contribution in [0.1, 0.15) is 11.3 Å². The number of anilines is 1. The highest BCUT2D eigenvalue weighted by molar-refractivity contribution is 7.16. The van der Waals surface area contributed by atoms with Crippen LogP contribution in [0.4, 0.5) is 9.93 Å². The average molecular weight is 363 g/mol. The fraction of sp³-hybridized carbons (Fsp3) is 0.250. The third-order valence-corrected chi connectivity index (χ3v) is 4.09. The number of carboxylic acid groups (broad SMARTS) is 1. The molecule has 0 bridgehead atoms. The SMILES string of the molecule is COC(=O)Cc1sc(NC(=O)NCCC(=O)O)nc1-c1ccccc1. The molecule has 0 saturated carbocycles. The van der Waals surface area contributed by atoms with Gasteiger partial charge in [-0.15, -0.1) is 11.3 Å². The third kappa shape index (κ3) is 5.57. The minimum Gasteiger partial charge on any atom is -0.481 e. The van der Waals surface area contributed by atoms with E-state index in [0.717, 1.165) is 5.56 Å². The molecule has 1 heterocycles. The van der Waals surface area contributed by atoms with Crippen LogP contribution in [0.3, 0.4) is 0 Å². The van der Waals surface area contributed by atoms with Gasteiger partial charge in [-0.3, -0.25) is 14.9 Å². The van der Waals surface area contributed by atoms with Crippen molar-refractivity contribution in [2.24, 2.45) is 0 Å². The van der Waals surface area contributed by atoms with Crippen LogP contribution in [0.5, 0.6) is 0 Å². The summed E-state index contributed by atoms with van der Waals surface area (Å²) in [5.41, 5.74) is 1.41. The first-order valence-corrected chi connectivity index (χ1v) is 8.20. The smallest absolute Gasteiger partial charge is 0.321 e. The molecular weight excluding hydrogens is 346 g/mol. The summed E-state index contributed by atoms with van der Waals surface area (Å²) in [6.45, 7) is 0.00705. The molecule has 8 nitrogen and oxygen atoms in total. The Morgan fingerprint density at radius 3 is 2.60 bits per heavy atom. The molecule has 0 saturated heterocycles. The molecule has 1 aromatic carbocycles. The molecule has 0 atom stereocenters. The number of methoxy groups -OCH3 is 1. The van der Waals surface area contributed by atoms with Crippen LogP contribution in [-0.4, -0.2) is 41.7 Å². The van der Waals surface area contributed by atoms with E-state index in [-0.39, 0.29) is 19.4 Å². The Labute approximate surface area is 147 Å². The van der Waals surface area contributed by atoms with Crippen molar-refractivity contribution in [2.45, 2.75) is 12.8 Å². The Bertz CT molecular complexity index is 760. The number of aliphatic carboxylic acids is 1. The van der Waals surface area contributed by atoms with E-state index in [1.165, 1.54) is 18.4 Å². The molecule has 2 aromatic rings. The van der Waals surface area contributed by atoms with E-state index < -0.39 is 18.0 Å². The van der Waals surface area contributed by atoms with Crippen molar-refractivity contribution in [3.05, 3.63) is 35.2 Å². The average Bonchev–Trinajstić information content (AvgIpc) is 2.97. The Hall–Kier alpha value is -2.94. The zero-order valence-corrected chi connectivity index (χ0v) is 14.3. The maximum atomic E-state index is 11.8. The molecule has 0 aliphatic heterocycles. The van der Waals surface area contributed by atoms with Gasteiger partial charge in [0.1, 0.15) is 0 Å². The lowest BCUT2D eigenvalue weighted by Crippen LogP contribution is -2.30. The number of carboxylic acids is 1. The van der Waals surface area contributed by atoms with Crippen LogP contribution in [0, 0.1) is 0 Å². The first-order valence-electron chi connectivity index (χ1n) is 7.38. The Balaban J connectivity index is 2.15. The number of thiazole rings is 1. The molecule has 2 rings (SSSR count). The number of benzene rings is 1. The van der Waals surface area contributed by atoms with Gasteiger partial charge in [0.25, 0.3) is 0 Å². The number of hydrogen-bond donors (Lipinski definition) is 3. The lowest BCUT2D eigenvalue weighted by Gasteiger charge is -2.03. The van der Waals surface area contributed by atoms with Gasteiger partial charge in [-0.2, -0.15) is 0 Å². The molecule has 25 heavy (non-hydrogen) atoms. The number of amides is 2. The fourth-order valence-electron chi connectivity index (χ4n) is 1.97. The molecule has 2 amide bonds. The van der Waals surface area contributed by atoms with E-state index in [1.807, 2.05) is 30.3 Å². The molecule has 0 unspecified atom stereocenters. The van der Waals surface area contributed by atoms with Crippen LogP contribution in [0.15, 0.2) is 30.3 Å². The van der Waals surface area contributed by atoms with E-state index in [9.17, 15) is 14.4 Å². The summed E-state index contributed by atoms with van der Waals surface area (Å²) in [7, 11) is 1.31. The van der Waals surface area contributed by atoms with Crippen LogP contribution in [-0.2, 0) is 20.7 Å². The minimum absolute atomic E-state index is 0.00705. The lowest BCUT2D eigenvalue weighted by atomic mass is 10.1. The quantitative estimate of drug-likeness (QED) is 0.649. The van der Waals surface area contributed by atoms with Gasteiger partial charge in [-0.05, 0) is 0 Å². The lowest BCUT2D eigenvalue weighted by molar-refractivity contribution is -0.140. The number of urea groups is 1. The Morgan fingerprint density at radius 1 is 1.24 bits per heavy atom. The highest BCUT2D eigenvalue weighted by atomic mass is 32.1. The number of carbonyl (C=O) groups excluding carboxylic acids is 2. The maximum absolute atomic E-state index is 11.8. The second-order valence-electron chi connectivity index (χ2n) is 4.93. The predicted octanol–water partition coefficient (Wildman–Crippen LogP) is 2.12. The topological polar surface area (TPSA) is 118 Å². The van der Waals surface area contributed by atoms with Crippen LogP contribution < -0.4 is 10.6 Å². The second-order valence-corrected chi connectivity index (χ2v) is 6.02. The van der Waals surface area contributed by atoms with Crippen molar-refractivity contribution < 1.29 is 24.2 Å². The number of aromatic nitrogens is 1. The highest BCUT2D eigenvalue weighted by Gasteiger charge is 2.17. The summed E-state index contributed by atoms with van der Waals surface area (Å²) in [4.78, 5) is 38.9. The number of esters is 1. The Morgan fingerprint density at radius 2 is 1.96 bits per heavy atom. The van der Waals surface area contributed by atoms with E-state index in [0.29, 0.717) is 15.7 Å². The number of hydrogen-bond acceptors (Lipinski definition) is 6. The molecule has 0 aliphatic carbocycles. The van der Waals surface area contributed by atoms with Gasteiger partial charge in [0.05, 0.1) is 25.6 Å². The van der Waals surface area contributed by atoms with Crippen LogP contribution in [0.25, 0.3) is 11.3 Å². The van der Waals surface area contributed by atoms with Gasteiger partial charge in [0.2, 0.25) is 0 Å². The maximum Gasteiger partial charge on any atom is 0.321 e. The fourth-order valence-corrected chi connectivity index (χ4v) is 2.94. The third-order valence-electron chi connectivity index (χ3n) is 3.12. The zero-order valence-electron chi connectivity index (χ0n) is 13.4. The van der Waals surface area contributed by atoms with Crippen molar-refractivity contribution in [3.63, 3.8) is 0 Å². The van der Waals surface area contributed by atoms with Crippen molar-refractivity contribution >= 4 is 34.4 Å². The standard InChI is InChI=1S/C16H17N3O5S/c1-24-13(22)9-11-14(10-5-3-2-4-6-10)18-16(25-11)19-15(23)17-8-7-12(20)21/h2-6H,7-9H2,1H3,(H,20,21)(H2,17,18,19,23). The molecule has 9 heteroatoms. The summed E-state index contributed by atoms with van der Waals surface area (Å²) in [5.74, 6) is -1.40. The summed E-state index contributed by atoms with van der Waals surface area (Å²) < 4.78 is 4.70. The van der Waals surface area contributed by atoms with Crippen molar-refractivity contribution in [1.82, 2.24) is 10.3 Å². The first kappa shape index (κ1) is 18.4. The summed E-state index contributed by atoms with van der Waals surface area (Å²) in [6, 6.07) is 8.72. The summed E-state index contributed by atoms with van der Waals surface area (Å²) in [5, 5.41) is 13.9. The highest BCUT2D eigenvalue weighted by Crippen LogP contribution is 2.31. The molecular formula is C16H17N3O5S. The largest absolute Gasteiger partial charge is 0.481 e. The van der Waals surface area contributed by atoms with E-state index in [1.54, 1.807) is 0 Å². The van der Waals surface area contributed by atoms with Crippen LogP contribution in [0.2, 0.25) is 0 Å². The van der Waals surface area contributed by atoms with Gasteiger partial charge in [0.15, 0.2) is 5.13 Å². The van der Waals surface area contributed by atoms with Crippen molar-refractivity contribution in [2.75, 3.05) is 19.0 Å². The van der Waals surface area contributed by atoms with Crippen molar-refractivity contribution in [3.8, 4) is 11.3 Å². The number of rotatable bonds is 7. The number of carbonyl (C=O) groups is 3. The van der Waals surface area contributed by atoms with Gasteiger partial charge in [-0.25, -0.2) is 9.78 Å². The molecule has 132 valence electrons.